The summed E-state index contributed by atoms with van der Waals surface area (Å²) in [5.41, 5.74) is 5.65. The number of aromatic nitrogens is 2. The molecule has 1 aliphatic rings. The van der Waals surface area contributed by atoms with Crippen LogP contribution in [0.5, 0.6) is 0 Å². The van der Waals surface area contributed by atoms with Crippen LogP contribution in [0.2, 0.25) is 0 Å². The summed E-state index contributed by atoms with van der Waals surface area (Å²) in [6, 6.07) is 0.261. The molecule has 1 saturated heterocycles. The van der Waals surface area contributed by atoms with Gasteiger partial charge in [0.25, 0.3) is 0 Å². The van der Waals surface area contributed by atoms with Gasteiger partial charge in [-0.1, -0.05) is 0 Å². The number of sulfonamides is 1. The van der Waals surface area contributed by atoms with Crippen LogP contribution >= 0.6 is 0 Å². The minimum atomic E-state index is -3.58. The van der Waals surface area contributed by atoms with Gasteiger partial charge in [0.15, 0.2) is 5.82 Å². The first-order chi connectivity index (χ1) is 8.94. The molecule has 0 spiro atoms. The number of nitrogens with one attached hydrogen (secondary N) is 1. The summed E-state index contributed by atoms with van der Waals surface area (Å²) in [6.45, 7) is 3.90. The van der Waals surface area contributed by atoms with Crippen molar-refractivity contribution in [2.75, 3.05) is 25.9 Å². The number of nitrogens with two attached hydrogens (primary N) is 1. The highest BCUT2D eigenvalue weighted by Crippen LogP contribution is 2.18. The first-order valence-corrected chi connectivity index (χ1v) is 7.95. The van der Waals surface area contributed by atoms with Crippen LogP contribution in [0, 0.1) is 0 Å². The molecule has 0 bridgehead atoms. The van der Waals surface area contributed by atoms with Gasteiger partial charge in [-0.2, -0.15) is 5.10 Å². The summed E-state index contributed by atoms with van der Waals surface area (Å²) in [6.07, 6.45) is 3.59. The molecule has 19 heavy (non-hydrogen) atoms. The van der Waals surface area contributed by atoms with E-state index in [1.165, 1.54) is 10.9 Å². The van der Waals surface area contributed by atoms with Crippen molar-refractivity contribution in [3.8, 4) is 0 Å². The van der Waals surface area contributed by atoms with Crippen molar-refractivity contribution in [3.63, 3.8) is 0 Å². The molecule has 8 heteroatoms. The highest BCUT2D eigenvalue weighted by atomic mass is 32.2. The number of nitrogens with zero attached hydrogens (tertiary/aromatic N) is 3. The lowest BCUT2D eigenvalue weighted by atomic mass is 10.2. The van der Waals surface area contributed by atoms with Crippen LogP contribution in [0.1, 0.15) is 19.8 Å². The summed E-state index contributed by atoms with van der Waals surface area (Å²) >= 11 is 0. The maximum absolute atomic E-state index is 12.2. The van der Waals surface area contributed by atoms with Crippen molar-refractivity contribution in [1.29, 1.82) is 0 Å². The molecule has 0 radical (unpaired) electrons. The van der Waals surface area contributed by atoms with E-state index >= 15 is 0 Å². The van der Waals surface area contributed by atoms with Crippen molar-refractivity contribution in [3.05, 3.63) is 6.20 Å². The molecule has 0 saturated carbocycles. The highest BCUT2D eigenvalue weighted by molar-refractivity contribution is 7.89. The maximum atomic E-state index is 12.2. The first-order valence-electron chi connectivity index (χ1n) is 6.47. The molecule has 1 aromatic rings. The predicted octanol–water partition coefficient (Wildman–Crippen LogP) is -0.142. The number of likely N-dealkylation sites (N-methyl/N-ethyl adjacent to an activating group) is 1. The zero-order valence-electron chi connectivity index (χ0n) is 11.3. The molecule has 108 valence electrons. The SMILES string of the molecule is CCn1cc(S(=O)(=O)NCC2CCCN2C)c(N)n1. The Morgan fingerprint density at radius 1 is 1.58 bits per heavy atom. The summed E-state index contributed by atoms with van der Waals surface area (Å²) in [5.74, 6) is 0.0501. The Bertz CT molecular complexity index is 539. The maximum Gasteiger partial charge on any atom is 0.245 e. The third kappa shape index (κ3) is 3.07. The Balaban J connectivity index is 2.07. The molecule has 1 atom stereocenters. The fraction of sp³-hybridized carbons (Fsp3) is 0.727. The zero-order chi connectivity index (χ0) is 14.0. The fourth-order valence-electron chi connectivity index (χ4n) is 2.31. The molecule has 3 N–H and O–H groups in total. The summed E-state index contributed by atoms with van der Waals surface area (Å²) in [4.78, 5) is 2.23. The van der Waals surface area contributed by atoms with Crippen molar-refractivity contribution in [2.24, 2.45) is 0 Å². The lowest BCUT2D eigenvalue weighted by molar-refractivity contribution is 0.311. The lowest BCUT2D eigenvalue weighted by Crippen LogP contribution is -2.38. The van der Waals surface area contributed by atoms with Crippen molar-refractivity contribution < 1.29 is 8.42 Å². The van der Waals surface area contributed by atoms with E-state index in [0.29, 0.717) is 13.1 Å². The van der Waals surface area contributed by atoms with Crippen molar-refractivity contribution in [2.45, 2.75) is 37.2 Å². The van der Waals surface area contributed by atoms with E-state index in [0.717, 1.165) is 19.4 Å². The number of anilines is 1. The van der Waals surface area contributed by atoms with Crippen molar-refractivity contribution >= 4 is 15.8 Å². The van der Waals surface area contributed by atoms with Gasteiger partial charge in [-0.25, -0.2) is 13.1 Å². The summed E-state index contributed by atoms with van der Waals surface area (Å²) in [5, 5.41) is 3.95. The standard InChI is InChI=1S/C11H21N5O2S/c1-3-16-8-10(11(12)14-16)19(17,18)13-7-9-5-4-6-15(9)2/h8-9,13H,3-7H2,1-2H3,(H2,12,14). The molecule has 7 nitrogen and oxygen atoms in total. The third-order valence-electron chi connectivity index (χ3n) is 3.55. The van der Waals surface area contributed by atoms with Gasteiger partial charge in [-0.3, -0.25) is 4.68 Å². The fourth-order valence-corrected chi connectivity index (χ4v) is 3.45. The molecular weight excluding hydrogens is 266 g/mol. The molecule has 2 rings (SSSR count). The molecule has 1 fully saturated rings. The lowest BCUT2D eigenvalue weighted by Gasteiger charge is -2.19. The van der Waals surface area contributed by atoms with Crippen LogP contribution in [0.25, 0.3) is 0 Å². The van der Waals surface area contributed by atoms with Gasteiger partial charge in [0.1, 0.15) is 4.90 Å². The minimum absolute atomic E-state index is 0.0501. The monoisotopic (exact) mass is 287 g/mol. The number of hydrogen-bond donors (Lipinski definition) is 2. The highest BCUT2D eigenvalue weighted by Gasteiger charge is 2.25. The van der Waals surface area contributed by atoms with Crippen LogP contribution < -0.4 is 10.5 Å². The molecule has 1 aromatic heterocycles. The van der Waals surface area contributed by atoms with Gasteiger partial charge < -0.3 is 10.6 Å². The molecule has 2 heterocycles. The van der Waals surface area contributed by atoms with E-state index in [4.69, 9.17) is 5.73 Å². The van der Waals surface area contributed by atoms with Crippen LogP contribution in [0.3, 0.4) is 0 Å². The van der Waals surface area contributed by atoms with E-state index in [1.807, 2.05) is 14.0 Å². The normalized spacial score (nSPS) is 21.1. The van der Waals surface area contributed by atoms with E-state index in [1.54, 1.807) is 0 Å². The Labute approximate surface area is 113 Å². The second-order valence-electron chi connectivity index (χ2n) is 4.86. The number of hydrogen-bond acceptors (Lipinski definition) is 5. The number of rotatable bonds is 5. The predicted molar refractivity (Wildman–Crippen MR) is 73.2 cm³/mol. The van der Waals surface area contributed by atoms with Gasteiger partial charge in [-0.15, -0.1) is 0 Å². The minimum Gasteiger partial charge on any atom is -0.381 e. The molecule has 0 aromatic carbocycles. The largest absolute Gasteiger partial charge is 0.381 e. The van der Waals surface area contributed by atoms with Crippen LogP contribution in [-0.4, -0.2) is 49.3 Å². The van der Waals surface area contributed by atoms with Gasteiger partial charge in [0, 0.05) is 25.3 Å². The Morgan fingerprint density at radius 2 is 2.32 bits per heavy atom. The topological polar surface area (TPSA) is 93.2 Å². The average molecular weight is 287 g/mol. The summed E-state index contributed by atoms with van der Waals surface area (Å²) < 4.78 is 28.5. The molecule has 0 aliphatic carbocycles. The number of likely N-dealkylation sites (tertiary alicyclic amines) is 1. The molecule has 0 amide bonds. The molecule has 1 aliphatic heterocycles. The van der Waals surface area contributed by atoms with Crippen LogP contribution in [0.4, 0.5) is 5.82 Å². The number of aryl methyl sites for hydroxylation is 1. The first kappa shape index (κ1) is 14.3. The Kier molecular flexibility index (Phi) is 4.12. The second-order valence-corrected chi connectivity index (χ2v) is 6.60. The van der Waals surface area contributed by atoms with Crippen LogP contribution in [0.15, 0.2) is 11.1 Å². The van der Waals surface area contributed by atoms with E-state index in [-0.39, 0.29) is 16.8 Å². The zero-order valence-corrected chi connectivity index (χ0v) is 12.2. The quantitative estimate of drug-likeness (QED) is 0.786. The molecular formula is C11H21N5O2S. The van der Waals surface area contributed by atoms with E-state index in [2.05, 4.69) is 14.7 Å². The Hall–Kier alpha value is -1.12. The van der Waals surface area contributed by atoms with Gasteiger partial charge >= 0.3 is 0 Å². The molecule has 1 unspecified atom stereocenters. The third-order valence-corrected chi connectivity index (χ3v) is 4.99. The number of nitrogen functional groups attached to an aromatic ring is 1. The summed E-state index contributed by atoms with van der Waals surface area (Å²) in [7, 11) is -1.57. The van der Waals surface area contributed by atoms with Gasteiger partial charge in [0.05, 0.1) is 0 Å². The smallest absolute Gasteiger partial charge is 0.245 e. The van der Waals surface area contributed by atoms with E-state index < -0.39 is 10.0 Å². The Morgan fingerprint density at radius 3 is 2.84 bits per heavy atom. The average Bonchev–Trinajstić information content (AvgIpc) is 2.93. The van der Waals surface area contributed by atoms with E-state index in [9.17, 15) is 8.42 Å². The van der Waals surface area contributed by atoms with Gasteiger partial charge in [-0.05, 0) is 33.4 Å². The van der Waals surface area contributed by atoms with Crippen LogP contribution in [-0.2, 0) is 16.6 Å². The van der Waals surface area contributed by atoms with Gasteiger partial charge in [0.2, 0.25) is 10.0 Å². The van der Waals surface area contributed by atoms with Crippen molar-refractivity contribution in [1.82, 2.24) is 19.4 Å². The second kappa shape index (κ2) is 5.48.